The molecule has 96 valence electrons. The summed E-state index contributed by atoms with van der Waals surface area (Å²) < 4.78 is 7.44. The fraction of sp³-hybridized carbons (Fsp3) is 0.750. The van der Waals surface area contributed by atoms with Crippen LogP contribution in [0, 0.1) is 0 Å². The van der Waals surface area contributed by atoms with Crippen molar-refractivity contribution in [1.82, 2.24) is 9.78 Å². The number of nitrogens with two attached hydrogens (primary N) is 1. The van der Waals surface area contributed by atoms with Gasteiger partial charge in [-0.3, -0.25) is 4.68 Å². The quantitative estimate of drug-likeness (QED) is 0.896. The van der Waals surface area contributed by atoms with Gasteiger partial charge in [0.25, 0.3) is 0 Å². The van der Waals surface area contributed by atoms with E-state index >= 15 is 0 Å². The van der Waals surface area contributed by atoms with Crippen LogP contribution in [0.3, 0.4) is 0 Å². The van der Waals surface area contributed by atoms with Crippen LogP contribution in [-0.2, 0) is 6.54 Å². The molecule has 1 saturated heterocycles. The van der Waals surface area contributed by atoms with E-state index in [9.17, 15) is 0 Å². The summed E-state index contributed by atoms with van der Waals surface area (Å²) in [5, 5.41) is 4.33. The molecule has 1 aromatic heterocycles. The van der Waals surface area contributed by atoms with Crippen LogP contribution >= 0.6 is 11.8 Å². The van der Waals surface area contributed by atoms with Crippen LogP contribution in [0.4, 0.5) is 0 Å². The van der Waals surface area contributed by atoms with Crippen molar-refractivity contribution in [3.63, 3.8) is 0 Å². The summed E-state index contributed by atoms with van der Waals surface area (Å²) in [6.07, 6.45) is 4.18. The first-order valence-electron chi connectivity index (χ1n) is 6.11. The molecular weight excluding hydrogens is 234 g/mol. The number of rotatable bonds is 4. The maximum Gasteiger partial charge on any atom is 0.161 e. The second-order valence-corrected chi connectivity index (χ2v) is 6.29. The highest BCUT2D eigenvalue weighted by Gasteiger charge is 2.39. The van der Waals surface area contributed by atoms with E-state index in [0.29, 0.717) is 0 Å². The lowest BCUT2D eigenvalue weighted by molar-refractivity contribution is 0.388. The van der Waals surface area contributed by atoms with Crippen LogP contribution in [0.2, 0.25) is 0 Å². The lowest BCUT2D eigenvalue weighted by Crippen LogP contribution is -2.35. The van der Waals surface area contributed by atoms with Crippen LogP contribution < -0.4 is 10.5 Å². The van der Waals surface area contributed by atoms with E-state index in [4.69, 9.17) is 10.5 Å². The summed E-state index contributed by atoms with van der Waals surface area (Å²) >= 11 is 1.97. The highest BCUT2D eigenvalue weighted by atomic mass is 32.2. The van der Waals surface area contributed by atoms with Crippen molar-refractivity contribution in [3.8, 4) is 5.75 Å². The molecule has 2 atom stereocenters. The molecule has 0 radical (unpaired) electrons. The van der Waals surface area contributed by atoms with Gasteiger partial charge in [-0.15, -0.1) is 0 Å². The van der Waals surface area contributed by atoms with Crippen molar-refractivity contribution in [1.29, 1.82) is 0 Å². The van der Waals surface area contributed by atoms with Gasteiger partial charge < -0.3 is 10.5 Å². The third kappa shape index (κ3) is 2.18. The predicted molar refractivity (Wildman–Crippen MR) is 71.5 cm³/mol. The van der Waals surface area contributed by atoms with Crippen LogP contribution in [-0.4, -0.2) is 27.4 Å². The fourth-order valence-corrected chi connectivity index (χ4v) is 3.77. The average Bonchev–Trinajstić information content (AvgIpc) is 2.94. The number of methoxy groups -OCH3 is 1. The van der Waals surface area contributed by atoms with Crippen molar-refractivity contribution in [2.75, 3.05) is 12.9 Å². The first-order chi connectivity index (χ1) is 8.12. The van der Waals surface area contributed by atoms with Crippen LogP contribution in [0.15, 0.2) is 6.20 Å². The normalized spacial score (nSPS) is 26.1. The van der Waals surface area contributed by atoms with Crippen LogP contribution in [0.5, 0.6) is 5.75 Å². The summed E-state index contributed by atoms with van der Waals surface area (Å²) in [6.45, 7) is 5.15. The molecule has 2 unspecified atom stereocenters. The highest BCUT2D eigenvalue weighted by molar-refractivity contribution is 8.00. The van der Waals surface area contributed by atoms with Gasteiger partial charge in [0.2, 0.25) is 0 Å². The smallest absolute Gasteiger partial charge is 0.161 e. The fourth-order valence-electron chi connectivity index (χ4n) is 2.44. The first kappa shape index (κ1) is 12.8. The molecule has 0 saturated carbocycles. The van der Waals surface area contributed by atoms with Crippen molar-refractivity contribution >= 4 is 11.8 Å². The highest BCUT2D eigenvalue weighted by Crippen LogP contribution is 2.46. The Morgan fingerprint density at radius 3 is 3.00 bits per heavy atom. The van der Waals surface area contributed by atoms with Gasteiger partial charge in [0.1, 0.15) is 0 Å². The SMILES string of the molecule is CCn1ncc(OC)c1C(N)C1(C)CCCS1. The zero-order valence-electron chi connectivity index (χ0n) is 10.8. The van der Waals surface area contributed by atoms with Gasteiger partial charge in [0, 0.05) is 11.3 Å². The van der Waals surface area contributed by atoms with Gasteiger partial charge in [-0.25, -0.2) is 0 Å². The number of nitrogens with zero attached hydrogens (tertiary/aromatic N) is 2. The molecule has 0 aliphatic carbocycles. The molecule has 2 heterocycles. The van der Waals surface area contributed by atoms with Gasteiger partial charge in [-0.2, -0.15) is 16.9 Å². The average molecular weight is 255 g/mol. The number of aryl methyl sites for hydroxylation is 1. The Balaban J connectivity index is 2.34. The Morgan fingerprint density at radius 2 is 2.47 bits per heavy atom. The number of ether oxygens (including phenoxy) is 1. The molecular formula is C12H21N3OS. The Bertz CT molecular complexity index is 364. The molecule has 0 bridgehead atoms. The summed E-state index contributed by atoms with van der Waals surface area (Å²) in [5.41, 5.74) is 7.50. The van der Waals surface area contributed by atoms with Crippen LogP contribution in [0.1, 0.15) is 38.4 Å². The summed E-state index contributed by atoms with van der Waals surface area (Å²) in [7, 11) is 1.68. The molecule has 1 aliphatic heterocycles. The third-order valence-electron chi connectivity index (χ3n) is 3.57. The number of aromatic nitrogens is 2. The molecule has 2 N–H and O–H groups in total. The maximum atomic E-state index is 6.47. The first-order valence-corrected chi connectivity index (χ1v) is 7.10. The van der Waals surface area contributed by atoms with Crippen molar-refractivity contribution in [2.45, 2.75) is 44.0 Å². The molecule has 1 fully saturated rings. The minimum atomic E-state index is -0.0209. The molecule has 0 aromatic carbocycles. The largest absolute Gasteiger partial charge is 0.493 e. The van der Waals surface area contributed by atoms with Crippen molar-refractivity contribution in [3.05, 3.63) is 11.9 Å². The molecule has 17 heavy (non-hydrogen) atoms. The summed E-state index contributed by atoms with van der Waals surface area (Å²) in [5.74, 6) is 2.01. The molecule has 2 rings (SSSR count). The van der Waals surface area contributed by atoms with Gasteiger partial charge in [0.05, 0.1) is 25.0 Å². The van der Waals surface area contributed by atoms with E-state index in [1.54, 1.807) is 13.3 Å². The lowest BCUT2D eigenvalue weighted by atomic mass is 9.94. The maximum absolute atomic E-state index is 6.47. The second kappa shape index (κ2) is 4.90. The van der Waals surface area contributed by atoms with Crippen molar-refractivity contribution in [2.24, 2.45) is 5.73 Å². The van der Waals surface area contributed by atoms with E-state index in [2.05, 4.69) is 18.9 Å². The molecule has 0 amide bonds. The summed E-state index contributed by atoms with van der Waals surface area (Å²) in [4.78, 5) is 0. The molecule has 1 aliphatic rings. The van der Waals surface area contributed by atoms with Gasteiger partial charge in [-0.1, -0.05) is 0 Å². The lowest BCUT2D eigenvalue weighted by Gasteiger charge is -2.31. The second-order valence-electron chi connectivity index (χ2n) is 4.66. The Labute approximate surface area is 107 Å². The Hall–Kier alpha value is -0.680. The van der Waals surface area contributed by atoms with Gasteiger partial charge in [0.15, 0.2) is 5.75 Å². The zero-order chi connectivity index (χ0) is 12.5. The molecule has 4 nitrogen and oxygen atoms in total. The monoisotopic (exact) mass is 255 g/mol. The zero-order valence-corrected chi connectivity index (χ0v) is 11.6. The van der Waals surface area contributed by atoms with Gasteiger partial charge in [-0.05, 0) is 32.4 Å². The Kier molecular flexibility index (Phi) is 3.68. The van der Waals surface area contributed by atoms with Gasteiger partial charge >= 0.3 is 0 Å². The van der Waals surface area contributed by atoms with E-state index in [-0.39, 0.29) is 10.8 Å². The standard InChI is InChI=1S/C12H21N3OS/c1-4-15-10(9(16-3)8-14-15)11(13)12(2)6-5-7-17-12/h8,11H,4-7,13H2,1-3H3. The molecule has 1 aromatic rings. The van der Waals surface area contributed by atoms with Crippen molar-refractivity contribution < 1.29 is 4.74 Å². The van der Waals surface area contributed by atoms with E-state index in [1.807, 2.05) is 16.4 Å². The molecule has 0 spiro atoms. The van der Waals surface area contributed by atoms with E-state index < -0.39 is 0 Å². The Morgan fingerprint density at radius 1 is 1.71 bits per heavy atom. The molecule has 5 heteroatoms. The van der Waals surface area contributed by atoms with E-state index in [0.717, 1.165) is 24.4 Å². The van der Waals surface area contributed by atoms with Crippen LogP contribution in [0.25, 0.3) is 0 Å². The predicted octanol–water partition coefficient (Wildman–Crippen LogP) is 2.20. The summed E-state index contributed by atoms with van der Waals surface area (Å²) in [6, 6.07) is -0.0209. The number of hydrogen-bond acceptors (Lipinski definition) is 4. The van der Waals surface area contributed by atoms with E-state index in [1.165, 1.54) is 12.2 Å². The number of thioether (sulfide) groups is 1. The topological polar surface area (TPSA) is 53.1 Å². The number of hydrogen-bond donors (Lipinski definition) is 1. The minimum absolute atomic E-state index is 0.0209. The third-order valence-corrected chi connectivity index (χ3v) is 5.18. The minimum Gasteiger partial charge on any atom is -0.493 e.